The fourth-order valence-electron chi connectivity index (χ4n) is 2.80. The van der Waals surface area contributed by atoms with Gasteiger partial charge in [0.1, 0.15) is 0 Å². The largest absolute Gasteiger partial charge is 0.417 e. The van der Waals surface area contributed by atoms with Crippen molar-refractivity contribution in [2.45, 2.75) is 32.1 Å². The lowest BCUT2D eigenvalue weighted by Gasteiger charge is -2.12. The second-order valence-corrected chi connectivity index (χ2v) is 5.60. The van der Waals surface area contributed by atoms with Gasteiger partial charge in [0.05, 0.1) is 5.39 Å². The molecule has 0 fully saturated rings. The standard InChI is InChI=1S/C18H19NO3/c20-17(19-11-10-13-6-2-1-3-7-13)16-12-14-8-4-5-9-15(14)18(21)22-16/h4-6,8-9,12H,1-3,7,10-11H2,(H,19,20). The van der Waals surface area contributed by atoms with Crippen LogP contribution < -0.4 is 10.9 Å². The zero-order valence-corrected chi connectivity index (χ0v) is 12.4. The predicted octanol–water partition coefficient (Wildman–Crippen LogP) is 3.41. The molecule has 1 heterocycles. The first-order chi connectivity index (χ1) is 10.7. The molecule has 0 saturated heterocycles. The number of benzene rings is 1. The SMILES string of the molecule is O=C(NCCC1=CCCCC1)c1cc2ccccc2c(=O)o1. The van der Waals surface area contributed by atoms with Crippen LogP contribution in [0.25, 0.3) is 10.8 Å². The van der Waals surface area contributed by atoms with Crippen LogP contribution >= 0.6 is 0 Å². The molecule has 114 valence electrons. The Labute approximate surface area is 128 Å². The van der Waals surface area contributed by atoms with Gasteiger partial charge in [-0.2, -0.15) is 0 Å². The van der Waals surface area contributed by atoms with Gasteiger partial charge in [0.15, 0.2) is 5.76 Å². The highest BCUT2D eigenvalue weighted by atomic mass is 16.4. The number of nitrogens with one attached hydrogen (secondary N) is 1. The minimum Gasteiger partial charge on any atom is -0.417 e. The molecule has 0 atom stereocenters. The molecular weight excluding hydrogens is 278 g/mol. The molecule has 0 unspecified atom stereocenters. The molecule has 4 heteroatoms. The van der Waals surface area contributed by atoms with Crippen molar-refractivity contribution in [1.82, 2.24) is 5.32 Å². The average Bonchev–Trinajstić information content (AvgIpc) is 2.56. The topological polar surface area (TPSA) is 59.3 Å². The lowest BCUT2D eigenvalue weighted by molar-refractivity contribution is 0.0922. The van der Waals surface area contributed by atoms with E-state index in [1.54, 1.807) is 24.3 Å². The predicted molar refractivity (Wildman–Crippen MR) is 86.0 cm³/mol. The molecule has 1 aromatic carbocycles. The number of allylic oxidation sites excluding steroid dienone is 1. The first-order valence-corrected chi connectivity index (χ1v) is 7.73. The lowest BCUT2D eigenvalue weighted by Crippen LogP contribution is -2.25. The van der Waals surface area contributed by atoms with Gasteiger partial charge in [-0.25, -0.2) is 4.79 Å². The molecule has 1 N–H and O–H groups in total. The van der Waals surface area contributed by atoms with Crippen LogP contribution in [0.5, 0.6) is 0 Å². The molecule has 1 aliphatic rings. The number of amides is 1. The normalized spacial score (nSPS) is 14.6. The molecule has 0 aliphatic heterocycles. The minimum atomic E-state index is -0.474. The molecule has 1 aromatic heterocycles. The Kier molecular flexibility index (Phi) is 4.37. The van der Waals surface area contributed by atoms with Gasteiger partial charge >= 0.3 is 5.63 Å². The maximum atomic E-state index is 12.1. The fraction of sp³-hybridized carbons (Fsp3) is 0.333. The second-order valence-electron chi connectivity index (χ2n) is 5.60. The Balaban J connectivity index is 1.67. The van der Waals surface area contributed by atoms with Crippen molar-refractivity contribution in [2.24, 2.45) is 0 Å². The molecule has 0 saturated carbocycles. The highest BCUT2D eigenvalue weighted by Crippen LogP contribution is 2.19. The second kappa shape index (κ2) is 6.60. The maximum Gasteiger partial charge on any atom is 0.344 e. The molecule has 22 heavy (non-hydrogen) atoms. The van der Waals surface area contributed by atoms with Crippen molar-refractivity contribution >= 4 is 16.7 Å². The number of carbonyl (C=O) groups is 1. The fourth-order valence-corrected chi connectivity index (χ4v) is 2.80. The molecule has 0 bridgehead atoms. The monoisotopic (exact) mass is 297 g/mol. The molecular formula is C18H19NO3. The van der Waals surface area contributed by atoms with Crippen LogP contribution in [0, 0.1) is 0 Å². The van der Waals surface area contributed by atoms with E-state index in [1.807, 2.05) is 6.07 Å². The van der Waals surface area contributed by atoms with Crippen molar-refractivity contribution in [1.29, 1.82) is 0 Å². The Morgan fingerprint density at radius 2 is 2.09 bits per heavy atom. The van der Waals surface area contributed by atoms with Crippen LogP contribution in [0.4, 0.5) is 0 Å². The van der Waals surface area contributed by atoms with Crippen LogP contribution in [-0.4, -0.2) is 12.5 Å². The molecule has 2 aromatic rings. The number of fused-ring (bicyclic) bond motifs is 1. The summed E-state index contributed by atoms with van der Waals surface area (Å²) in [5.74, 6) is -0.263. The van der Waals surface area contributed by atoms with E-state index in [-0.39, 0.29) is 11.7 Å². The molecule has 4 nitrogen and oxygen atoms in total. The Hall–Kier alpha value is -2.36. The number of hydrogen-bond donors (Lipinski definition) is 1. The summed E-state index contributed by atoms with van der Waals surface area (Å²) in [5.41, 5.74) is 0.935. The highest BCUT2D eigenvalue weighted by Gasteiger charge is 2.12. The maximum absolute atomic E-state index is 12.1. The lowest BCUT2D eigenvalue weighted by atomic mass is 9.97. The smallest absolute Gasteiger partial charge is 0.344 e. The molecule has 0 spiro atoms. The first-order valence-electron chi connectivity index (χ1n) is 7.73. The third-order valence-electron chi connectivity index (χ3n) is 4.01. The van der Waals surface area contributed by atoms with Crippen LogP contribution in [0.15, 0.2) is 51.2 Å². The van der Waals surface area contributed by atoms with Gasteiger partial charge in [-0.1, -0.05) is 29.8 Å². The number of hydrogen-bond acceptors (Lipinski definition) is 3. The summed E-state index contributed by atoms with van der Waals surface area (Å²) >= 11 is 0. The van der Waals surface area contributed by atoms with Crippen LogP contribution in [0.2, 0.25) is 0 Å². The van der Waals surface area contributed by atoms with Gasteiger partial charge in [0.25, 0.3) is 5.91 Å². The van der Waals surface area contributed by atoms with E-state index in [4.69, 9.17) is 4.42 Å². The van der Waals surface area contributed by atoms with E-state index in [0.717, 1.165) is 24.6 Å². The van der Waals surface area contributed by atoms with Gasteiger partial charge in [-0.05, 0) is 49.6 Å². The summed E-state index contributed by atoms with van der Waals surface area (Å²) < 4.78 is 5.11. The molecule has 0 radical (unpaired) electrons. The van der Waals surface area contributed by atoms with Crippen LogP contribution in [-0.2, 0) is 0 Å². The number of rotatable bonds is 4. The highest BCUT2D eigenvalue weighted by molar-refractivity contribution is 5.95. The summed E-state index contributed by atoms with van der Waals surface area (Å²) in [7, 11) is 0. The minimum absolute atomic E-state index is 0.0707. The zero-order valence-electron chi connectivity index (χ0n) is 12.4. The van der Waals surface area contributed by atoms with E-state index in [1.165, 1.54) is 18.4 Å². The van der Waals surface area contributed by atoms with Crippen molar-refractivity contribution in [3.8, 4) is 0 Å². The van der Waals surface area contributed by atoms with E-state index in [9.17, 15) is 9.59 Å². The van der Waals surface area contributed by atoms with Gasteiger partial charge in [-0.15, -0.1) is 0 Å². The van der Waals surface area contributed by atoms with E-state index >= 15 is 0 Å². The van der Waals surface area contributed by atoms with E-state index < -0.39 is 5.63 Å². The Morgan fingerprint density at radius 1 is 1.23 bits per heavy atom. The van der Waals surface area contributed by atoms with Crippen LogP contribution in [0.3, 0.4) is 0 Å². The van der Waals surface area contributed by atoms with Crippen molar-refractivity contribution < 1.29 is 9.21 Å². The average molecular weight is 297 g/mol. The molecule has 3 rings (SSSR count). The summed E-state index contributed by atoms with van der Waals surface area (Å²) in [6.07, 6.45) is 7.90. The number of carbonyl (C=O) groups excluding carboxylic acids is 1. The van der Waals surface area contributed by atoms with Crippen LogP contribution in [0.1, 0.15) is 42.7 Å². The summed E-state index contributed by atoms with van der Waals surface area (Å²) in [6, 6.07) is 8.72. The molecule has 1 aliphatic carbocycles. The van der Waals surface area contributed by atoms with Crippen molar-refractivity contribution in [2.75, 3.05) is 6.54 Å². The third-order valence-corrected chi connectivity index (χ3v) is 4.01. The zero-order chi connectivity index (χ0) is 15.4. The first kappa shape index (κ1) is 14.6. The quantitative estimate of drug-likeness (QED) is 0.880. The van der Waals surface area contributed by atoms with E-state index in [0.29, 0.717) is 11.9 Å². The van der Waals surface area contributed by atoms with Crippen molar-refractivity contribution in [3.05, 3.63) is 58.2 Å². The third kappa shape index (κ3) is 3.27. The van der Waals surface area contributed by atoms with Gasteiger partial charge < -0.3 is 9.73 Å². The van der Waals surface area contributed by atoms with Crippen molar-refractivity contribution in [3.63, 3.8) is 0 Å². The van der Waals surface area contributed by atoms with Gasteiger partial charge in [-0.3, -0.25) is 4.79 Å². The Morgan fingerprint density at radius 3 is 2.91 bits per heavy atom. The van der Waals surface area contributed by atoms with Gasteiger partial charge in [0.2, 0.25) is 0 Å². The summed E-state index contributed by atoms with van der Waals surface area (Å²) in [4.78, 5) is 24.0. The Bertz CT molecular complexity index is 773. The van der Waals surface area contributed by atoms with E-state index in [2.05, 4.69) is 11.4 Å². The van der Waals surface area contributed by atoms with Gasteiger partial charge in [0, 0.05) is 6.54 Å². The summed E-state index contributed by atoms with van der Waals surface area (Å²) in [5, 5.41) is 4.04. The molecule has 1 amide bonds. The summed E-state index contributed by atoms with van der Waals surface area (Å²) in [6.45, 7) is 0.571.